The maximum absolute atomic E-state index is 12.1. The third kappa shape index (κ3) is 3.69. The number of sulfonamides is 1. The number of carboxylic acids is 1. The number of carbonyl (C=O) groups is 1. The summed E-state index contributed by atoms with van der Waals surface area (Å²) in [6, 6.07) is 9.04. The van der Waals surface area contributed by atoms with Crippen LogP contribution in [-0.4, -0.2) is 26.0 Å². The van der Waals surface area contributed by atoms with Gasteiger partial charge in [0.1, 0.15) is 9.77 Å². The number of hydrogen-bond acceptors (Lipinski definition) is 4. The highest BCUT2D eigenvalue weighted by Crippen LogP contribution is 2.21. The lowest BCUT2D eigenvalue weighted by Gasteiger charge is -2.08. The normalized spacial score (nSPS) is 11.5. The summed E-state index contributed by atoms with van der Waals surface area (Å²) in [5.74, 6) is -1.23. The first-order valence-corrected chi connectivity index (χ1v) is 8.63. The van der Waals surface area contributed by atoms with Gasteiger partial charge >= 0.3 is 5.97 Å². The lowest BCUT2D eigenvalue weighted by atomic mass is 10.1. The van der Waals surface area contributed by atoms with Crippen LogP contribution >= 0.6 is 11.3 Å². The average Bonchev–Trinajstić information content (AvgIpc) is 2.91. The van der Waals surface area contributed by atoms with Gasteiger partial charge < -0.3 is 5.11 Å². The highest BCUT2D eigenvalue weighted by molar-refractivity contribution is 7.89. The van der Waals surface area contributed by atoms with Gasteiger partial charge in [-0.15, -0.1) is 11.3 Å². The molecule has 2 rings (SSSR count). The van der Waals surface area contributed by atoms with E-state index in [-0.39, 0.29) is 16.3 Å². The van der Waals surface area contributed by atoms with Crippen LogP contribution in [0.3, 0.4) is 0 Å². The number of nitrogens with one attached hydrogen (secondary N) is 1. The number of benzene rings is 1. The predicted octanol–water partition coefficient (Wildman–Crippen LogP) is 2.28. The molecule has 0 unspecified atom stereocenters. The van der Waals surface area contributed by atoms with Crippen LogP contribution in [0.1, 0.15) is 20.8 Å². The third-order valence-corrected chi connectivity index (χ3v) is 5.60. The Morgan fingerprint density at radius 2 is 2.00 bits per heavy atom. The van der Waals surface area contributed by atoms with E-state index in [1.807, 2.05) is 31.2 Å². The molecule has 2 aromatic rings. The molecule has 2 N–H and O–H groups in total. The molecule has 21 heavy (non-hydrogen) atoms. The van der Waals surface area contributed by atoms with Gasteiger partial charge in [0.15, 0.2) is 0 Å². The summed E-state index contributed by atoms with van der Waals surface area (Å²) in [5, 5.41) is 10.4. The molecule has 0 radical (unpaired) electrons. The number of hydrogen-bond donors (Lipinski definition) is 2. The predicted molar refractivity (Wildman–Crippen MR) is 81.3 cm³/mol. The van der Waals surface area contributed by atoms with Crippen molar-refractivity contribution in [3.05, 3.63) is 51.7 Å². The lowest BCUT2D eigenvalue weighted by Crippen LogP contribution is -2.27. The topological polar surface area (TPSA) is 83.5 Å². The first-order valence-electron chi connectivity index (χ1n) is 6.27. The SMILES string of the molecule is Cc1ccccc1CCNS(=O)(=O)c1ccsc1C(=O)O. The summed E-state index contributed by atoms with van der Waals surface area (Å²) in [4.78, 5) is 10.6. The Hall–Kier alpha value is -1.70. The molecular weight excluding hydrogens is 310 g/mol. The Balaban J connectivity index is 2.07. The van der Waals surface area contributed by atoms with Crippen LogP contribution in [0, 0.1) is 6.92 Å². The summed E-state index contributed by atoms with van der Waals surface area (Å²) < 4.78 is 26.7. The number of carboxylic acid groups (broad SMARTS) is 1. The third-order valence-electron chi connectivity index (χ3n) is 3.06. The summed E-state index contributed by atoms with van der Waals surface area (Å²) in [6.45, 7) is 2.19. The smallest absolute Gasteiger partial charge is 0.347 e. The van der Waals surface area contributed by atoms with Crippen LogP contribution in [0.4, 0.5) is 0 Å². The first-order chi connectivity index (χ1) is 9.92. The molecule has 1 aromatic heterocycles. The van der Waals surface area contributed by atoms with Gasteiger partial charge in [-0.05, 0) is 35.9 Å². The van der Waals surface area contributed by atoms with Gasteiger partial charge in [0, 0.05) is 6.54 Å². The fourth-order valence-electron chi connectivity index (χ4n) is 1.95. The Labute approximate surface area is 127 Å². The Bertz CT molecular complexity index is 750. The van der Waals surface area contributed by atoms with Crippen LogP contribution in [-0.2, 0) is 16.4 Å². The van der Waals surface area contributed by atoms with Crippen LogP contribution in [0.25, 0.3) is 0 Å². The summed E-state index contributed by atoms with van der Waals surface area (Å²) in [7, 11) is -3.80. The van der Waals surface area contributed by atoms with Crippen LogP contribution < -0.4 is 4.72 Å². The minimum atomic E-state index is -3.80. The zero-order valence-corrected chi connectivity index (χ0v) is 13.0. The molecule has 1 heterocycles. The van der Waals surface area contributed by atoms with Crippen molar-refractivity contribution >= 4 is 27.3 Å². The second-order valence-electron chi connectivity index (χ2n) is 4.49. The van der Waals surface area contributed by atoms with Crippen molar-refractivity contribution < 1.29 is 18.3 Å². The molecule has 0 saturated heterocycles. The molecule has 0 aliphatic rings. The Kier molecular flexibility index (Phi) is 4.76. The van der Waals surface area contributed by atoms with Gasteiger partial charge in [0.05, 0.1) is 0 Å². The highest BCUT2D eigenvalue weighted by Gasteiger charge is 2.23. The largest absolute Gasteiger partial charge is 0.477 e. The van der Waals surface area contributed by atoms with E-state index < -0.39 is 16.0 Å². The Morgan fingerprint density at radius 1 is 1.29 bits per heavy atom. The van der Waals surface area contributed by atoms with Gasteiger partial charge in [-0.1, -0.05) is 24.3 Å². The summed E-state index contributed by atoms with van der Waals surface area (Å²) in [6.07, 6.45) is 0.554. The fourth-order valence-corrected chi connectivity index (χ4v) is 4.24. The molecule has 5 nitrogen and oxygen atoms in total. The van der Waals surface area contributed by atoms with Crippen molar-refractivity contribution in [3.8, 4) is 0 Å². The second kappa shape index (κ2) is 6.38. The quantitative estimate of drug-likeness (QED) is 0.853. The molecule has 1 aromatic carbocycles. The van der Waals surface area contributed by atoms with E-state index in [1.165, 1.54) is 11.4 Å². The maximum Gasteiger partial charge on any atom is 0.347 e. The minimum absolute atomic E-state index is 0.168. The van der Waals surface area contributed by atoms with E-state index in [1.54, 1.807) is 0 Å². The fraction of sp³-hybridized carbons (Fsp3) is 0.214. The number of aryl methyl sites for hydroxylation is 1. The molecule has 0 atom stereocenters. The van der Waals surface area contributed by atoms with Crippen LogP contribution in [0.2, 0.25) is 0 Å². The minimum Gasteiger partial charge on any atom is -0.477 e. The molecule has 112 valence electrons. The molecule has 7 heteroatoms. The molecule has 0 aliphatic heterocycles. The van der Waals surface area contributed by atoms with Crippen molar-refractivity contribution in [3.63, 3.8) is 0 Å². The molecule has 0 spiro atoms. The van der Waals surface area contributed by atoms with E-state index in [0.29, 0.717) is 6.42 Å². The van der Waals surface area contributed by atoms with E-state index in [0.717, 1.165) is 22.5 Å². The van der Waals surface area contributed by atoms with Crippen LogP contribution in [0.5, 0.6) is 0 Å². The van der Waals surface area contributed by atoms with E-state index in [4.69, 9.17) is 5.11 Å². The monoisotopic (exact) mass is 325 g/mol. The van der Waals surface area contributed by atoms with Crippen molar-refractivity contribution in [1.82, 2.24) is 4.72 Å². The van der Waals surface area contributed by atoms with E-state index >= 15 is 0 Å². The van der Waals surface area contributed by atoms with Crippen LogP contribution in [0.15, 0.2) is 40.6 Å². The molecule has 0 saturated carbocycles. The van der Waals surface area contributed by atoms with Gasteiger partial charge in [0.25, 0.3) is 0 Å². The van der Waals surface area contributed by atoms with Gasteiger partial charge in [-0.2, -0.15) is 0 Å². The summed E-state index contributed by atoms with van der Waals surface area (Å²) in [5.41, 5.74) is 2.16. The zero-order chi connectivity index (χ0) is 15.5. The van der Waals surface area contributed by atoms with E-state index in [9.17, 15) is 13.2 Å². The summed E-state index contributed by atoms with van der Waals surface area (Å²) >= 11 is 0.898. The van der Waals surface area contributed by atoms with Gasteiger partial charge in [0.2, 0.25) is 10.0 Å². The van der Waals surface area contributed by atoms with Gasteiger partial charge in [-0.25, -0.2) is 17.9 Å². The van der Waals surface area contributed by atoms with Gasteiger partial charge in [-0.3, -0.25) is 0 Å². The van der Waals surface area contributed by atoms with E-state index in [2.05, 4.69) is 4.72 Å². The molecule has 0 amide bonds. The molecular formula is C14H15NO4S2. The molecule has 0 fully saturated rings. The van der Waals surface area contributed by atoms with Crippen molar-refractivity contribution in [2.24, 2.45) is 0 Å². The van der Waals surface area contributed by atoms with Crippen molar-refractivity contribution in [2.75, 3.05) is 6.54 Å². The average molecular weight is 325 g/mol. The Morgan fingerprint density at radius 3 is 2.67 bits per heavy atom. The first kappa shape index (κ1) is 15.7. The molecule has 0 aliphatic carbocycles. The maximum atomic E-state index is 12.1. The number of thiophene rings is 1. The van der Waals surface area contributed by atoms with Crippen molar-refractivity contribution in [2.45, 2.75) is 18.2 Å². The lowest BCUT2D eigenvalue weighted by molar-refractivity contribution is 0.0698. The standard InChI is InChI=1S/C14H15NO4S2/c1-10-4-2-3-5-11(10)6-8-15-21(18,19)12-7-9-20-13(12)14(16)17/h2-5,7,9,15H,6,8H2,1H3,(H,16,17). The number of rotatable bonds is 6. The second-order valence-corrected chi connectivity index (χ2v) is 7.14. The van der Waals surface area contributed by atoms with Crippen molar-refractivity contribution in [1.29, 1.82) is 0 Å². The number of aromatic carboxylic acids is 1. The highest BCUT2D eigenvalue weighted by atomic mass is 32.2. The molecule has 0 bridgehead atoms. The zero-order valence-electron chi connectivity index (χ0n) is 11.4.